The number of aliphatic hydroxyl groups is 1. The van der Waals surface area contributed by atoms with Crippen LogP contribution < -0.4 is 0 Å². The minimum atomic E-state index is 0.121. The molecular formula is C12H20O5. The first kappa shape index (κ1) is 13.0. The van der Waals surface area contributed by atoms with Gasteiger partial charge in [0.1, 0.15) is 18.3 Å². The predicted octanol–water partition coefficient (Wildman–Crippen LogP) is 0.123. The Balaban J connectivity index is 0.000000181. The summed E-state index contributed by atoms with van der Waals surface area (Å²) < 4.78 is 21.1. The molecule has 3 aliphatic heterocycles. The quantitative estimate of drug-likeness (QED) is 0.562. The summed E-state index contributed by atoms with van der Waals surface area (Å²) in [6.45, 7) is 6.62. The van der Waals surface area contributed by atoms with E-state index in [9.17, 15) is 0 Å². The molecule has 4 atom stereocenters. The molecule has 0 radical (unpaired) electrons. The molecule has 1 N–H and O–H groups in total. The Bertz CT molecular complexity index is 241. The smallest absolute Gasteiger partial charge is 0.112 e. The molecule has 5 nitrogen and oxygen atoms in total. The van der Waals surface area contributed by atoms with Crippen molar-refractivity contribution >= 4 is 0 Å². The lowest BCUT2D eigenvalue weighted by Gasteiger charge is -2.15. The monoisotopic (exact) mass is 244 g/mol. The Labute approximate surface area is 101 Å². The summed E-state index contributed by atoms with van der Waals surface area (Å²) in [4.78, 5) is 0. The highest BCUT2D eigenvalue weighted by molar-refractivity contribution is 4.90. The Hall–Kier alpha value is -0.460. The van der Waals surface area contributed by atoms with Gasteiger partial charge < -0.3 is 24.1 Å². The molecule has 3 rings (SSSR count). The van der Waals surface area contributed by atoms with Gasteiger partial charge in [-0.3, -0.25) is 0 Å². The van der Waals surface area contributed by atoms with E-state index in [1.165, 1.54) is 0 Å². The zero-order valence-corrected chi connectivity index (χ0v) is 9.92. The van der Waals surface area contributed by atoms with Crippen LogP contribution in [-0.2, 0) is 18.9 Å². The van der Waals surface area contributed by atoms with Gasteiger partial charge >= 0.3 is 0 Å². The number of hydrogen-bond acceptors (Lipinski definition) is 5. The van der Waals surface area contributed by atoms with Crippen molar-refractivity contribution in [2.45, 2.75) is 30.8 Å². The number of hydrogen-bond donors (Lipinski definition) is 1. The normalized spacial score (nSPS) is 38.2. The lowest BCUT2D eigenvalue weighted by molar-refractivity contribution is -0.0205. The van der Waals surface area contributed by atoms with Gasteiger partial charge in [0, 0.05) is 6.61 Å². The minimum absolute atomic E-state index is 0.121. The highest BCUT2D eigenvalue weighted by atomic mass is 16.6. The number of epoxide rings is 1. The van der Waals surface area contributed by atoms with Gasteiger partial charge in [0.2, 0.25) is 0 Å². The molecule has 0 bridgehead atoms. The SMILES string of the molecule is C=CCOC1CO[C@@H]2CCO[C@H]12.OCC1CO1. The van der Waals surface area contributed by atoms with E-state index in [1.54, 1.807) is 6.08 Å². The molecule has 3 heterocycles. The third-order valence-corrected chi connectivity index (χ3v) is 2.95. The van der Waals surface area contributed by atoms with Crippen molar-refractivity contribution in [1.82, 2.24) is 0 Å². The molecule has 0 aromatic carbocycles. The lowest BCUT2D eigenvalue weighted by atomic mass is 10.1. The van der Waals surface area contributed by atoms with Crippen molar-refractivity contribution in [2.75, 3.05) is 33.0 Å². The largest absolute Gasteiger partial charge is 0.394 e. The van der Waals surface area contributed by atoms with Gasteiger partial charge in [0.05, 0.1) is 32.5 Å². The summed E-state index contributed by atoms with van der Waals surface area (Å²) in [5, 5.41) is 8.08. The average Bonchev–Trinajstić information content (AvgIpc) is 2.95. The first-order valence-corrected chi connectivity index (χ1v) is 6.03. The molecule has 0 amide bonds. The Morgan fingerprint density at radius 2 is 2.12 bits per heavy atom. The highest BCUT2D eigenvalue weighted by Gasteiger charge is 2.42. The fraction of sp³-hybridized carbons (Fsp3) is 0.833. The van der Waals surface area contributed by atoms with E-state index in [4.69, 9.17) is 19.3 Å². The van der Waals surface area contributed by atoms with Crippen LogP contribution in [0.25, 0.3) is 0 Å². The first-order chi connectivity index (χ1) is 8.35. The molecule has 0 aromatic heterocycles. The molecule has 2 unspecified atom stereocenters. The number of fused-ring (bicyclic) bond motifs is 1. The van der Waals surface area contributed by atoms with Crippen molar-refractivity contribution in [3.63, 3.8) is 0 Å². The van der Waals surface area contributed by atoms with Crippen LogP contribution in [-0.4, -0.2) is 62.6 Å². The molecular weight excluding hydrogens is 224 g/mol. The number of ether oxygens (including phenoxy) is 4. The van der Waals surface area contributed by atoms with Crippen molar-refractivity contribution < 1.29 is 24.1 Å². The van der Waals surface area contributed by atoms with Crippen LogP contribution in [0.4, 0.5) is 0 Å². The standard InChI is InChI=1S/C9H14O3.C3H6O2/c1-2-4-10-8-6-12-7-3-5-11-9(7)8;4-1-3-2-5-3/h2,7-9H,1,3-6H2;3-4H,1-2H2/t7-,8?,9+;/m1./s1. The van der Waals surface area contributed by atoms with Gasteiger partial charge in [-0.25, -0.2) is 0 Å². The molecule has 0 aromatic rings. The van der Waals surface area contributed by atoms with Crippen LogP contribution >= 0.6 is 0 Å². The molecule has 3 saturated heterocycles. The Morgan fingerprint density at radius 3 is 2.71 bits per heavy atom. The fourth-order valence-electron chi connectivity index (χ4n) is 1.94. The average molecular weight is 244 g/mol. The van der Waals surface area contributed by atoms with E-state index in [1.807, 2.05) is 0 Å². The van der Waals surface area contributed by atoms with Gasteiger partial charge in [0.25, 0.3) is 0 Å². The summed E-state index contributed by atoms with van der Waals surface area (Å²) in [6, 6.07) is 0. The van der Waals surface area contributed by atoms with Gasteiger partial charge in [-0.1, -0.05) is 6.08 Å². The fourth-order valence-corrected chi connectivity index (χ4v) is 1.94. The molecule has 3 fully saturated rings. The Morgan fingerprint density at radius 1 is 1.29 bits per heavy atom. The van der Waals surface area contributed by atoms with Crippen molar-refractivity contribution in [2.24, 2.45) is 0 Å². The molecule has 0 saturated carbocycles. The minimum Gasteiger partial charge on any atom is -0.394 e. The van der Waals surface area contributed by atoms with Gasteiger partial charge in [0.15, 0.2) is 0 Å². The number of rotatable bonds is 4. The summed E-state index contributed by atoms with van der Waals surface area (Å²) in [7, 11) is 0. The molecule has 5 heteroatoms. The predicted molar refractivity (Wildman–Crippen MR) is 60.9 cm³/mol. The summed E-state index contributed by atoms with van der Waals surface area (Å²) in [6.07, 6.45) is 3.52. The van der Waals surface area contributed by atoms with Gasteiger partial charge in [-0.2, -0.15) is 0 Å². The van der Waals surface area contributed by atoms with E-state index in [0.29, 0.717) is 13.2 Å². The maximum absolute atomic E-state index is 8.08. The topological polar surface area (TPSA) is 60.5 Å². The summed E-state index contributed by atoms with van der Waals surface area (Å²) in [5.74, 6) is 0. The van der Waals surface area contributed by atoms with Crippen LogP contribution in [0.1, 0.15) is 6.42 Å². The maximum Gasteiger partial charge on any atom is 0.112 e. The zero-order chi connectivity index (χ0) is 12.1. The van der Waals surface area contributed by atoms with E-state index >= 15 is 0 Å². The lowest BCUT2D eigenvalue weighted by Crippen LogP contribution is -2.29. The van der Waals surface area contributed by atoms with Crippen LogP contribution in [0.15, 0.2) is 12.7 Å². The van der Waals surface area contributed by atoms with E-state index in [-0.39, 0.29) is 31.0 Å². The third kappa shape index (κ3) is 3.76. The van der Waals surface area contributed by atoms with E-state index in [2.05, 4.69) is 11.3 Å². The Kier molecular flexibility index (Phi) is 4.94. The van der Waals surface area contributed by atoms with Gasteiger partial charge in [-0.15, -0.1) is 6.58 Å². The second-order valence-electron chi connectivity index (χ2n) is 4.29. The molecule has 0 spiro atoms. The zero-order valence-electron chi connectivity index (χ0n) is 9.92. The molecule has 17 heavy (non-hydrogen) atoms. The van der Waals surface area contributed by atoms with E-state index in [0.717, 1.165) is 19.6 Å². The first-order valence-electron chi connectivity index (χ1n) is 6.03. The maximum atomic E-state index is 8.08. The van der Waals surface area contributed by atoms with Crippen molar-refractivity contribution in [1.29, 1.82) is 0 Å². The highest BCUT2D eigenvalue weighted by Crippen LogP contribution is 2.28. The van der Waals surface area contributed by atoms with Crippen LogP contribution in [0, 0.1) is 0 Å². The number of aliphatic hydroxyl groups excluding tert-OH is 1. The molecule has 0 aliphatic carbocycles. The van der Waals surface area contributed by atoms with Crippen molar-refractivity contribution in [3.05, 3.63) is 12.7 Å². The van der Waals surface area contributed by atoms with Crippen LogP contribution in [0.2, 0.25) is 0 Å². The molecule has 3 aliphatic rings. The van der Waals surface area contributed by atoms with Crippen LogP contribution in [0.3, 0.4) is 0 Å². The second kappa shape index (κ2) is 6.47. The van der Waals surface area contributed by atoms with Crippen LogP contribution in [0.5, 0.6) is 0 Å². The summed E-state index contributed by atoms with van der Waals surface area (Å²) in [5.41, 5.74) is 0. The van der Waals surface area contributed by atoms with E-state index < -0.39 is 0 Å². The third-order valence-electron chi connectivity index (χ3n) is 2.95. The molecule has 98 valence electrons. The second-order valence-corrected chi connectivity index (χ2v) is 4.29. The van der Waals surface area contributed by atoms with Gasteiger partial charge in [-0.05, 0) is 6.42 Å². The van der Waals surface area contributed by atoms with Crippen molar-refractivity contribution in [3.8, 4) is 0 Å². The summed E-state index contributed by atoms with van der Waals surface area (Å²) >= 11 is 0.